The van der Waals surface area contributed by atoms with E-state index in [-0.39, 0.29) is 22.1 Å². The summed E-state index contributed by atoms with van der Waals surface area (Å²) in [6.45, 7) is 3.01. The van der Waals surface area contributed by atoms with E-state index in [1.54, 1.807) is 36.4 Å². The van der Waals surface area contributed by atoms with Gasteiger partial charge in [-0.15, -0.1) is 0 Å². The molecule has 9 heteroatoms. The highest BCUT2D eigenvalue weighted by molar-refractivity contribution is 6.35. The number of nitrogens with one attached hydrogen (secondary N) is 2. The Hall–Kier alpha value is -3.62. The van der Waals surface area contributed by atoms with Crippen molar-refractivity contribution >= 4 is 39.8 Å². The number of hydrogen-bond acceptors (Lipinski definition) is 4. The Morgan fingerprint density at radius 3 is 2.59 bits per heavy atom. The molecule has 5 rings (SSSR count). The van der Waals surface area contributed by atoms with Gasteiger partial charge in [-0.05, 0) is 47.9 Å². The van der Waals surface area contributed by atoms with Crippen LogP contribution in [0.3, 0.4) is 0 Å². The highest BCUT2D eigenvalue weighted by atomic mass is 35.5. The average Bonchev–Trinajstić information content (AvgIpc) is 2.88. The van der Waals surface area contributed by atoms with Gasteiger partial charge in [0.15, 0.2) is 0 Å². The molecule has 2 heterocycles. The molecule has 2 N–H and O–H groups in total. The summed E-state index contributed by atoms with van der Waals surface area (Å²) in [5, 5.41) is 6.52. The lowest BCUT2D eigenvalue weighted by atomic mass is 10.00. The van der Waals surface area contributed by atoms with E-state index in [1.807, 2.05) is 6.07 Å². The van der Waals surface area contributed by atoms with Crippen molar-refractivity contribution in [3.8, 4) is 0 Å². The first kappa shape index (κ1) is 25.0. The number of hydrogen-bond donors (Lipinski definition) is 2. The normalized spacial score (nSPS) is 13.8. The molecule has 190 valence electrons. The monoisotopic (exact) mass is 524 g/mol. The van der Waals surface area contributed by atoms with Crippen molar-refractivity contribution in [1.82, 2.24) is 15.2 Å². The van der Waals surface area contributed by atoms with Crippen molar-refractivity contribution < 1.29 is 18.0 Å². The molecule has 0 aliphatic carbocycles. The molecule has 0 unspecified atom stereocenters. The van der Waals surface area contributed by atoms with E-state index in [0.717, 1.165) is 32.1 Å². The first-order valence-corrected chi connectivity index (χ1v) is 12.3. The van der Waals surface area contributed by atoms with Gasteiger partial charge in [0.1, 0.15) is 5.69 Å². The first-order valence-electron chi connectivity index (χ1n) is 11.9. The maximum atomic E-state index is 13.5. The Kier molecular flexibility index (Phi) is 7.04. The van der Waals surface area contributed by atoms with Crippen molar-refractivity contribution in [2.75, 3.05) is 25.0 Å². The Morgan fingerprint density at radius 2 is 1.78 bits per heavy atom. The summed E-state index contributed by atoms with van der Waals surface area (Å²) in [5.74, 6) is -0.250. The molecule has 0 atom stereocenters. The highest BCUT2D eigenvalue weighted by Crippen LogP contribution is 2.36. The van der Waals surface area contributed by atoms with Gasteiger partial charge in [-0.3, -0.25) is 9.69 Å². The van der Waals surface area contributed by atoms with E-state index >= 15 is 0 Å². The summed E-state index contributed by atoms with van der Waals surface area (Å²) in [6, 6.07) is 20.8. The fourth-order valence-corrected chi connectivity index (χ4v) is 4.75. The molecule has 37 heavy (non-hydrogen) atoms. The molecule has 1 aromatic heterocycles. The molecule has 1 amide bonds. The quantitative estimate of drug-likeness (QED) is 0.305. The number of halogens is 4. The van der Waals surface area contributed by atoms with Gasteiger partial charge in [0.2, 0.25) is 0 Å². The largest absolute Gasteiger partial charge is 0.433 e. The molecule has 0 fully saturated rings. The molecule has 0 saturated carbocycles. The van der Waals surface area contributed by atoms with Crippen LogP contribution in [-0.4, -0.2) is 35.4 Å². The lowest BCUT2D eigenvalue weighted by molar-refractivity contribution is -0.140. The van der Waals surface area contributed by atoms with Gasteiger partial charge in [0.25, 0.3) is 5.91 Å². The van der Waals surface area contributed by atoms with Gasteiger partial charge >= 0.3 is 6.18 Å². The van der Waals surface area contributed by atoms with E-state index < -0.39 is 11.9 Å². The van der Waals surface area contributed by atoms with Crippen LogP contribution in [0.5, 0.6) is 0 Å². The van der Waals surface area contributed by atoms with Crippen LogP contribution in [0.2, 0.25) is 5.02 Å². The molecule has 3 aromatic carbocycles. The minimum Gasteiger partial charge on any atom is -0.355 e. The number of pyridine rings is 1. The van der Waals surface area contributed by atoms with Crippen LogP contribution in [0.15, 0.2) is 72.8 Å². The highest BCUT2D eigenvalue weighted by Gasteiger charge is 2.33. The van der Waals surface area contributed by atoms with Gasteiger partial charge in [-0.25, -0.2) is 4.98 Å². The van der Waals surface area contributed by atoms with Gasteiger partial charge in [0.05, 0.1) is 16.2 Å². The number of nitrogens with zero attached hydrogens (tertiary/aromatic N) is 2. The minimum atomic E-state index is -4.64. The summed E-state index contributed by atoms with van der Waals surface area (Å²) >= 11 is 6.14. The SMILES string of the molecule is O=C(NCCN1CCc2ccccc2C1)c1cccc(Nc2cc(C(F)(F)F)nc3c(Cl)cccc23)c1. The molecule has 4 aromatic rings. The predicted molar refractivity (Wildman–Crippen MR) is 139 cm³/mol. The number of amides is 1. The standard InChI is InChI=1S/C28H24ClF3N4O/c29-23-10-4-9-22-24(16-25(28(30,31)32)35-26(22)23)34-21-8-3-7-19(15-21)27(37)33-12-14-36-13-11-18-5-1-2-6-20(18)17-36/h1-10,15-16H,11-14,17H2,(H,33,37)(H,34,35). The van der Waals surface area contributed by atoms with Gasteiger partial charge in [-0.1, -0.05) is 54.1 Å². The second kappa shape index (κ2) is 10.4. The number of rotatable bonds is 6. The first-order chi connectivity index (χ1) is 17.8. The molecule has 0 saturated heterocycles. The summed E-state index contributed by atoms with van der Waals surface area (Å²) in [5.41, 5.74) is 2.77. The zero-order chi connectivity index (χ0) is 26.0. The van der Waals surface area contributed by atoms with E-state index in [2.05, 4.69) is 38.7 Å². The Labute approximate surface area is 217 Å². The van der Waals surface area contributed by atoms with Crippen LogP contribution in [0.1, 0.15) is 27.2 Å². The number of benzene rings is 3. The van der Waals surface area contributed by atoms with Crippen molar-refractivity contribution in [3.63, 3.8) is 0 Å². The predicted octanol–water partition coefficient (Wildman–Crippen LogP) is 6.44. The second-order valence-corrected chi connectivity index (χ2v) is 9.35. The average molecular weight is 525 g/mol. The lowest BCUT2D eigenvalue weighted by Gasteiger charge is -2.28. The summed E-state index contributed by atoms with van der Waals surface area (Å²) in [6.07, 6.45) is -3.65. The molecule has 1 aliphatic rings. The summed E-state index contributed by atoms with van der Waals surface area (Å²) < 4.78 is 40.4. The molecule has 1 aliphatic heterocycles. The van der Waals surface area contributed by atoms with Crippen LogP contribution in [-0.2, 0) is 19.1 Å². The van der Waals surface area contributed by atoms with Gasteiger partial charge in [0, 0.05) is 42.8 Å². The zero-order valence-electron chi connectivity index (χ0n) is 19.8. The number of alkyl halides is 3. The second-order valence-electron chi connectivity index (χ2n) is 8.95. The third-order valence-corrected chi connectivity index (χ3v) is 6.71. The fourth-order valence-electron chi connectivity index (χ4n) is 4.53. The molecular formula is C28H24ClF3N4O. The van der Waals surface area contributed by atoms with E-state index in [1.165, 1.54) is 17.2 Å². The molecule has 0 spiro atoms. The Morgan fingerprint density at radius 1 is 1.00 bits per heavy atom. The van der Waals surface area contributed by atoms with Gasteiger partial charge < -0.3 is 10.6 Å². The number of aromatic nitrogens is 1. The van der Waals surface area contributed by atoms with Crippen LogP contribution in [0, 0.1) is 0 Å². The number of fused-ring (bicyclic) bond motifs is 2. The summed E-state index contributed by atoms with van der Waals surface area (Å²) in [4.78, 5) is 18.8. The molecule has 0 bridgehead atoms. The van der Waals surface area contributed by atoms with Crippen molar-refractivity contribution in [2.45, 2.75) is 19.1 Å². The fraction of sp³-hybridized carbons (Fsp3) is 0.214. The lowest BCUT2D eigenvalue weighted by Crippen LogP contribution is -2.37. The smallest absolute Gasteiger partial charge is 0.355 e. The van der Waals surface area contributed by atoms with Crippen molar-refractivity contribution in [3.05, 3.63) is 100 Å². The van der Waals surface area contributed by atoms with Gasteiger partial charge in [-0.2, -0.15) is 13.2 Å². The third kappa shape index (κ3) is 5.70. The molecular weight excluding hydrogens is 501 g/mol. The maximum Gasteiger partial charge on any atom is 0.433 e. The van der Waals surface area contributed by atoms with E-state index in [9.17, 15) is 18.0 Å². The Bertz CT molecular complexity index is 1460. The van der Waals surface area contributed by atoms with Crippen LogP contribution in [0.4, 0.5) is 24.5 Å². The Balaban J connectivity index is 1.27. The zero-order valence-corrected chi connectivity index (χ0v) is 20.5. The van der Waals surface area contributed by atoms with Crippen LogP contribution >= 0.6 is 11.6 Å². The topological polar surface area (TPSA) is 57.3 Å². The molecule has 5 nitrogen and oxygen atoms in total. The maximum absolute atomic E-state index is 13.5. The third-order valence-electron chi connectivity index (χ3n) is 6.41. The van der Waals surface area contributed by atoms with Crippen molar-refractivity contribution in [2.24, 2.45) is 0 Å². The number of anilines is 2. The number of carbonyl (C=O) groups excluding carboxylic acids is 1. The van der Waals surface area contributed by atoms with Crippen molar-refractivity contribution in [1.29, 1.82) is 0 Å². The number of carbonyl (C=O) groups is 1. The summed E-state index contributed by atoms with van der Waals surface area (Å²) in [7, 11) is 0. The van der Waals surface area contributed by atoms with Crippen LogP contribution in [0.25, 0.3) is 10.9 Å². The van der Waals surface area contributed by atoms with E-state index in [0.29, 0.717) is 23.2 Å². The molecule has 0 radical (unpaired) electrons. The van der Waals surface area contributed by atoms with Crippen LogP contribution < -0.4 is 10.6 Å². The number of para-hydroxylation sites is 1. The van der Waals surface area contributed by atoms with E-state index in [4.69, 9.17) is 11.6 Å². The minimum absolute atomic E-state index is 0.0516.